The fraction of sp³-hybridized carbons (Fsp3) is 0.400. The standard InChI is InChI=1S/C20H23OP/c1-3-4-5-6-11-16(2)22(21)19-14-9-7-12-17(19)18-13-8-10-15-20(18)22/h7-8,12-16H,3-6,11H2,1-2H3. The molecule has 1 nitrogen and oxygen atoms in total. The van der Waals surface area contributed by atoms with Crippen molar-refractivity contribution < 1.29 is 4.57 Å². The van der Waals surface area contributed by atoms with Crippen molar-refractivity contribution in [3.63, 3.8) is 0 Å². The highest BCUT2D eigenvalue weighted by Gasteiger charge is 2.41. The van der Waals surface area contributed by atoms with E-state index in [-0.39, 0.29) is 5.66 Å². The van der Waals surface area contributed by atoms with Crippen LogP contribution in [0.2, 0.25) is 0 Å². The smallest absolute Gasteiger partial charge is 0.147 e. The van der Waals surface area contributed by atoms with Gasteiger partial charge in [0, 0.05) is 16.3 Å². The van der Waals surface area contributed by atoms with Crippen molar-refractivity contribution in [1.29, 1.82) is 0 Å². The van der Waals surface area contributed by atoms with Gasteiger partial charge in [-0.3, -0.25) is 0 Å². The monoisotopic (exact) mass is 310 g/mol. The van der Waals surface area contributed by atoms with Gasteiger partial charge in [-0.2, -0.15) is 0 Å². The van der Waals surface area contributed by atoms with Crippen molar-refractivity contribution in [1.82, 2.24) is 0 Å². The molecule has 2 heteroatoms. The molecule has 22 heavy (non-hydrogen) atoms. The predicted octanol–water partition coefficient (Wildman–Crippen LogP) is 4.94. The van der Waals surface area contributed by atoms with Crippen LogP contribution in [-0.2, 0) is 4.57 Å². The van der Waals surface area contributed by atoms with Gasteiger partial charge in [0.2, 0.25) is 0 Å². The Morgan fingerprint density at radius 3 is 2.14 bits per heavy atom. The van der Waals surface area contributed by atoms with Gasteiger partial charge in [-0.25, -0.2) is 0 Å². The molecule has 1 aliphatic heterocycles. The molecule has 0 aliphatic carbocycles. The highest BCUT2D eigenvalue weighted by atomic mass is 31.2. The number of fused-ring (bicyclic) bond motifs is 3. The molecule has 2 aromatic carbocycles. The second-order valence-electron chi connectivity index (χ2n) is 6.24. The quantitative estimate of drug-likeness (QED) is 0.545. The molecule has 0 N–H and O–H groups in total. The predicted molar refractivity (Wildman–Crippen MR) is 94.6 cm³/mol. The largest absolute Gasteiger partial charge is 0.313 e. The van der Waals surface area contributed by atoms with Crippen LogP contribution in [0, 0.1) is 12.1 Å². The zero-order valence-electron chi connectivity index (χ0n) is 13.4. The Morgan fingerprint density at radius 1 is 1.00 bits per heavy atom. The van der Waals surface area contributed by atoms with Crippen LogP contribution in [0.3, 0.4) is 0 Å². The molecule has 2 aromatic rings. The first-order valence-electron chi connectivity index (χ1n) is 8.31. The van der Waals surface area contributed by atoms with E-state index in [9.17, 15) is 4.57 Å². The minimum atomic E-state index is -2.55. The third kappa shape index (κ3) is 2.46. The fourth-order valence-electron chi connectivity index (χ4n) is 3.50. The summed E-state index contributed by atoms with van der Waals surface area (Å²) in [5.74, 6) is 0. The fourth-order valence-corrected chi connectivity index (χ4v) is 6.90. The SMILES string of the molecule is CCCCCCC(C)P1(=O)c2c[c]ccc2-c2cc[c]cc21. The van der Waals surface area contributed by atoms with Gasteiger partial charge in [0.15, 0.2) is 0 Å². The summed E-state index contributed by atoms with van der Waals surface area (Å²) >= 11 is 0. The summed E-state index contributed by atoms with van der Waals surface area (Å²) in [6.45, 7) is 4.38. The van der Waals surface area contributed by atoms with Crippen LogP contribution in [0.4, 0.5) is 0 Å². The second kappa shape index (κ2) is 6.42. The summed E-state index contributed by atoms with van der Waals surface area (Å²) in [7, 11) is -2.55. The molecule has 0 bridgehead atoms. The molecule has 0 amide bonds. The molecular weight excluding hydrogens is 287 g/mol. The zero-order valence-corrected chi connectivity index (χ0v) is 14.3. The molecule has 1 aliphatic rings. The van der Waals surface area contributed by atoms with Crippen molar-refractivity contribution in [3.05, 3.63) is 48.5 Å². The van der Waals surface area contributed by atoms with Crippen LogP contribution < -0.4 is 10.6 Å². The van der Waals surface area contributed by atoms with Crippen LogP contribution >= 0.6 is 7.14 Å². The summed E-state index contributed by atoms with van der Waals surface area (Å²) in [5, 5.41) is 2.01. The summed E-state index contributed by atoms with van der Waals surface area (Å²) in [5.41, 5.74) is 2.45. The molecular formula is C20H23OP. The van der Waals surface area contributed by atoms with Crippen molar-refractivity contribution >= 4 is 17.8 Å². The Balaban J connectivity index is 1.96. The highest BCUT2D eigenvalue weighted by Crippen LogP contribution is 2.57. The van der Waals surface area contributed by atoms with Crippen LogP contribution in [0.25, 0.3) is 11.1 Å². The summed E-state index contributed by atoms with van der Waals surface area (Å²) in [6.07, 6.45) is 5.94. The lowest BCUT2D eigenvalue weighted by Crippen LogP contribution is -2.20. The van der Waals surface area contributed by atoms with E-state index in [1.54, 1.807) is 0 Å². The Bertz CT molecular complexity index is 655. The van der Waals surface area contributed by atoms with E-state index < -0.39 is 7.14 Å². The molecule has 2 radical (unpaired) electrons. The van der Waals surface area contributed by atoms with Gasteiger partial charge in [-0.15, -0.1) is 0 Å². The van der Waals surface area contributed by atoms with Gasteiger partial charge < -0.3 is 4.57 Å². The number of rotatable bonds is 6. The van der Waals surface area contributed by atoms with Crippen LogP contribution in [0.15, 0.2) is 36.4 Å². The van der Waals surface area contributed by atoms with Crippen LogP contribution in [0.1, 0.15) is 46.0 Å². The maximum Gasteiger partial charge on any atom is 0.147 e. The molecule has 0 spiro atoms. The normalized spacial score (nSPS) is 16.1. The molecule has 1 atom stereocenters. The number of hydrogen-bond acceptors (Lipinski definition) is 1. The average Bonchev–Trinajstić information content (AvgIpc) is 2.83. The lowest BCUT2D eigenvalue weighted by atomic mass is 10.1. The molecule has 0 fully saturated rings. The Labute approximate surface area is 134 Å². The van der Waals surface area contributed by atoms with E-state index in [0.717, 1.165) is 34.6 Å². The van der Waals surface area contributed by atoms with Crippen molar-refractivity contribution in [3.8, 4) is 11.1 Å². The Morgan fingerprint density at radius 2 is 1.59 bits per heavy atom. The summed E-state index contributed by atoms with van der Waals surface area (Å²) < 4.78 is 14.0. The zero-order chi connectivity index (χ0) is 15.6. The topological polar surface area (TPSA) is 17.1 Å². The summed E-state index contributed by atoms with van der Waals surface area (Å²) in [4.78, 5) is 0. The number of hydrogen-bond donors (Lipinski definition) is 0. The van der Waals surface area contributed by atoms with Gasteiger partial charge in [-0.05, 0) is 41.8 Å². The molecule has 114 valence electrons. The van der Waals surface area contributed by atoms with Gasteiger partial charge in [-0.1, -0.05) is 63.8 Å². The van der Waals surface area contributed by atoms with Crippen LogP contribution in [0.5, 0.6) is 0 Å². The molecule has 0 saturated carbocycles. The van der Waals surface area contributed by atoms with Gasteiger partial charge >= 0.3 is 0 Å². The van der Waals surface area contributed by atoms with Gasteiger partial charge in [0.05, 0.1) is 0 Å². The maximum atomic E-state index is 14.0. The first-order valence-corrected chi connectivity index (χ1v) is 10.1. The maximum absolute atomic E-state index is 14.0. The third-order valence-corrected chi connectivity index (χ3v) is 8.46. The van der Waals surface area contributed by atoms with Gasteiger partial charge in [0.1, 0.15) is 7.14 Å². The molecule has 1 unspecified atom stereocenters. The van der Waals surface area contributed by atoms with E-state index in [0.29, 0.717) is 0 Å². The number of unbranched alkanes of at least 4 members (excludes halogenated alkanes) is 3. The lowest BCUT2D eigenvalue weighted by Gasteiger charge is -2.22. The van der Waals surface area contributed by atoms with E-state index in [1.807, 2.05) is 24.3 Å². The summed E-state index contributed by atoms with van der Waals surface area (Å²) in [6, 6.07) is 18.1. The first-order chi connectivity index (χ1) is 10.7. The van der Waals surface area contributed by atoms with Gasteiger partial charge in [0.25, 0.3) is 0 Å². The lowest BCUT2D eigenvalue weighted by molar-refractivity contribution is 0.566. The first kappa shape index (κ1) is 15.6. The second-order valence-corrected chi connectivity index (χ2v) is 9.40. The molecule has 3 rings (SSSR count). The average molecular weight is 310 g/mol. The van der Waals surface area contributed by atoms with E-state index in [1.165, 1.54) is 19.3 Å². The molecule has 0 saturated heterocycles. The van der Waals surface area contributed by atoms with E-state index in [4.69, 9.17) is 0 Å². The third-order valence-electron chi connectivity index (χ3n) is 4.79. The minimum Gasteiger partial charge on any atom is -0.313 e. The van der Waals surface area contributed by atoms with Crippen molar-refractivity contribution in [2.24, 2.45) is 0 Å². The molecule has 1 heterocycles. The van der Waals surface area contributed by atoms with Crippen LogP contribution in [-0.4, -0.2) is 5.66 Å². The Hall–Kier alpha value is -1.33. The minimum absolute atomic E-state index is 0.191. The van der Waals surface area contributed by atoms with E-state index in [2.05, 4.69) is 38.1 Å². The number of benzene rings is 2. The molecule has 0 aromatic heterocycles. The Kier molecular flexibility index (Phi) is 4.54. The van der Waals surface area contributed by atoms with Crippen molar-refractivity contribution in [2.45, 2.75) is 51.6 Å². The van der Waals surface area contributed by atoms with E-state index >= 15 is 0 Å². The van der Waals surface area contributed by atoms with Crippen molar-refractivity contribution in [2.75, 3.05) is 0 Å². The highest BCUT2D eigenvalue weighted by molar-refractivity contribution is 7.80.